The van der Waals surface area contributed by atoms with Gasteiger partial charge in [-0.15, -0.1) is 0 Å². The number of pyridine rings is 2. The number of aromatic nitrogens is 3. The van der Waals surface area contributed by atoms with Crippen LogP contribution in [0.3, 0.4) is 0 Å². The molecule has 1 saturated heterocycles. The van der Waals surface area contributed by atoms with E-state index in [1.54, 1.807) is 12.4 Å². The number of nitrogens with zero attached hydrogens (tertiary/aromatic N) is 4. The Hall–Kier alpha value is -2.70. The fourth-order valence-electron chi connectivity index (χ4n) is 3.74. The summed E-state index contributed by atoms with van der Waals surface area (Å²) in [5.41, 5.74) is 0.779. The van der Waals surface area contributed by atoms with E-state index in [-0.39, 0.29) is 12.6 Å². The first-order chi connectivity index (χ1) is 13.0. The van der Waals surface area contributed by atoms with E-state index in [0.717, 1.165) is 34.0 Å². The normalized spacial score (nSPS) is 20.8. The topological polar surface area (TPSA) is 115 Å². The maximum atomic E-state index is 12.5. The highest BCUT2D eigenvalue weighted by molar-refractivity contribution is 7.90. The van der Waals surface area contributed by atoms with Crippen molar-refractivity contribution in [3.63, 3.8) is 0 Å². The van der Waals surface area contributed by atoms with E-state index in [0.29, 0.717) is 13.0 Å². The van der Waals surface area contributed by atoms with E-state index >= 15 is 0 Å². The van der Waals surface area contributed by atoms with Crippen LogP contribution < -0.4 is 9.62 Å². The molecule has 1 aliphatic heterocycles. The average molecular weight is 384 g/mol. The van der Waals surface area contributed by atoms with Crippen LogP contribution in [0.15, 0.2) is 30.7 Å². The molecule has 0 aliphatic carbocycles. The van der Waals surface area contributed by atoms with Gasteiger partial charge in [-0.2, -0.15) is 5.26 Å². The third kappa shape index (κ3) is 3.11. The molecule has 2 atom stereocenters. The van der Waals surface area contributed by atoms with Crippen molar-refractivity contribution in [2.75, 3.05) is 18.0 Å². The highest BCUT2D eigenvalue weighted by Gasteiger charge is 2.35. The Morgan fingerprint density at radius 2 is 2.22 bits per heavy atom. The molecule has 0 saturated carbocycles. The van der Waals surface area contributed by atoms with Gasteiger partial charge in [-0.1, -0.05) is 0 Å². The van der Waals surface area contributed by atoms with Crippen molar-refractivity contribution in [1.82, 2.24) is 19.7 Å². The van der Waals surface area contributed by atoms with Crippen molar-refractivity contribution >= 4 is 37.6 Å². The largest absolute Gasteiger partial charge is 0.352 e. The first-order valence-corrected chi connectivity index (χ1v) is 10.4. The van der Waals surface area contributed by atoms with Gasteiger partial charge >= 0.3 is 0 Å². The third-order valence-electron chi connectivity index (χ3n) is 5.19. The van der Waals surface area contributed by atoms with Gasteiger partial charge in [0.2, 0.25) is 10.0 Å². The molecule has 0 spiro atoms. The fourth-order valence-corrected chi connectivity index (χ4v) is 5.05. The Morgan fingerprint density at radius 1 is 1.37 bits per heavy atom. The molecule has 0 amide bonds. The number of H-pyrrole nitrogens is 1. The Kier molecular flexibility index (Phi) is 4.45. The number of fused-ring (bicyclic) bond motifs is 3. The number of piperidine rings is 1. The second kappa shape index (κ2) is 6.79. The summed E-state index contributed by atoms with van der Waals surface area (Å²) in [4.78, 5) is 14.2. The lowest BCUT2D eigenvalue weighted by molar-refractivity contribution is 0.467. The Morgan fingerprint density at radius 3 is 3.04 bits per heavy atom. The number of nitriles is 1. The average Bonchev–Trinajstić information content (AvgIpc) is 3.15. The van der Waals surface area contributed by atoms with Crippen LogP contribution in [0.25, 0.3) is 21.8 Å². The van der Waals surface area contributed by atoms with Crippen LogP contribution in [-0.4, -0.2) is 47.8 Å². The zero-order chi connectivity index (χ0) is 19.0. The van der Waals surface area contributed by atoms with Crippen molar-refractivity contribution in [2.45, 2.75) is 31.1 Å². The van der Waals surface area contributed by atoms with Crippen molar-refractivity contribution < 1.29 is 8.42 Å². The van der Waals surface area contributed by atoms with Crippen LogP contribution >= 0.6 is 0 Å². The summed E-state index contributed by atoms with van der Waals surface area (Å²) in [7, 11) is -3.56. The predicted octanol–water partition coefficient (Wildman–Crippen LogP) is 1.91. The second-order valence-electron chi connectivity index (χ2n) is 6.82. The summed E-state index contributed by atoms with van der Waals surface area (Å²) in [6.07, 6.45) is 6.67. The molecule has 2 N–H and O–H groups in total. The number of hydrogen-bond donors (Lipinski definition) is 2. The first-order valence-electron chi connectivity index (χ1n) is 8.84. The smallest absolute Gasteiger partial charge is 0.217 e. The molecule has 1 aliphatic rings. The molecule has 8 nitrogen and oxygen atoms in total. The van der Waals surface area contributed by atoms with Crippen molar-refractivity contribution in [1.29, 1.82) is 5.26 Å². The lowest BCUT2D eigenvalue weighted by Crippen LogP contribution is -2.50. The van der Waals surface area contributed by atoms with Crippen molar-refractivity contribution in [3.05, 3.63) is 30.7 Å². The van der Waals surface area contributed by atoms with Gasteiger partial charge in [-0.05, 0) is 31.9 Å². The summed E-state index contributed by atoms with van der Waals surface area (Å²) in [5.74, 6) is 0.771. The highest BCUT2D eigenvalue weighted by atomic mass is 32.2. The molecule has 3 aromatic rings. The first kappa shape index (κ1) is 17.7. The second-order valence-corrected chi connectivity index (χ2v) is 8.87. The van der Waals surface area contributed by atoms with Gasteiger partial charge in [0.1, 0.15) is 11.5 Å². The Bertz CT molecular complexity index is 1130. The minimum absolute atomic E-state index is 0.160. The van der Waals surface area contributed by atoms with E-state index in [1.165, 1.54) is 0 Å². The zero-order valence-electron chi connectivity index (χ0n) is 14.9. The lowest BCUT2D eigenvalue weighted by Gasteiger charge is -2.38. The molecule has 0 aromatic carbocycles. The highest BCUT2D eigenvalue weighted by Crippen LogP contribution is 2.34. The summed E-state index contributed by atoms with van der Waals surface area (Å²) >= 11 is 0. The molecule has 0 bridgehead atoms. The van der Waals surface area contributed by atoms with Gasteiger partial charge in [0.25, 0.3) is 0 Å². The van der Waals surface area contributed by atoms with Crippen molar-refractivity contribution in [2.24, 2.45) is 0 Å². The van der Waals surface area contributed by atoms with Crippen molar-refractivity contribution in [3.8, 4) is 6.07 Å². The predicted molar refractivity (Wildman–Crippen MR) is 104 cm³/mol. The van der Waals surface area contributed by atoms with E-state index in [2.05, 4.69) is 31.5 Å². The third-order valence-corrected chi connectivity index (χ3v) is 7.00. The number of hydrogen-bond acceptors (Lipinski definition) is 6. The van der Waals surface area contributed by atoms with E-state index in [9.17, 15) is 8.42 Å². The van der Waals surface area contributed by atoms with Gasteiger partial charge in [0.05, 0.1) is 17.9 Å². The van der Waals surface area contributed by atoms with Crippen LogP contribution in [-0.2, 0) is 10.0 Å². The SMILES string of the molecule is CC1CCC(S(=O)(=O)NCC#N)CN1c1nccc2cnc3[nH]ccc3c12. The molecule has 1 fully saturated rings. The fraction of sp³-hybridized carbons (Fsp3) is 0.389. The zero-order valence-corrected chi connectivity index (χ0v) is 15.7. The standard InChI is InChI=1S/C18H20N6O2S/c1-12-2-3-14(27(25,26)23-9-6-19)11-24(12)18-16-13(4-7-21-18)10-22-17-15(16)5-8-20-17/h4-5,7-8,10,12,14,23H,2-3,9,11H2,1H3,(H,20,22). The molecule has 2 unspecified atom stereocenters. The maximum Gasteiger partial charge on any atom is 0.217 e. The van der Waals surface area contributed by atoms with Gasteiger partial charge in [-0.3, -0.25) is 0 Å². The van der Waals surface area contributed by atoms with Crippen LogP contribution in [0, 0.1) is 11.3 Å². The molecule has 27 heavy (non-hydrogen) atoms. The van der Waals surface area contributed by atoms with Crippen LogP contribution in [0.5, 0.6) is 0 Å². The Balaban J connectivity index is 1.78. The summed E-state index contributed by atoms with van der Waals surface area (Å²) in [5, 5.41) is 11.0. The molecule has 3 aromatic heterocycles. The molecule has 140 valence electrons. The van der Waals surface area contributed by atoms with Gasteiger partial charge in [-0.25, -0.2) is 23.1 Å². The minimum atomic E-state index is -3.56. The van der Waals surface area contributed by atoms with E-state index in [4.69, 9.17) is 5.26 Å². The molecule has 4 heterocycles. The molecule has 4 rings (SSSR count). The summed E-state index contributed by atoms with van der Waals surface area (Å²) in [6.45, 7) is 2.21. The summed E-state index contributed by atoms with van der Waals surface area (Å²) < 4.78 is 27.5. The Labute approximate surface area is 157 Å². The number of sulfonamides is 1. The molecular weight excluding hydrogens is 364 g/mol. The van der Waals surface area contributed by atoms with Gasteiger partial charge in [0, 0.05) is 47.3 Å². The number of rotatable bonds is 4. The van der Waals surface area contributed by atoms with Gasteiger partial charge in [0.15, 0.2) is 0 Å². The number of nitrogens with one attached hydrogen (secondary N) is 2. The summed E-state index contributed by atoms with van der Waals surface area (Å²) in [6, 6.07) is 5.87. The van der Waals surface area contributed by atoms with E-state index < -0.39 is 15.3 Å². The lowest BCUT2D eigenvalue weighted by atomic mass is 10.0. The monoisotopic (exact) mass is 384 g/mol. The van der Waals surface area contributed by atoms with Crippen LogP contribution in [0.2, 0.25) is 0 Å². The van der Waals surface area contributed by atoms with E-state index in [1.807, 2.05) is 24.4 Å². The molecule has 9 heteroatoms. The van der Waals surface area contributed by atoms with Crippen LogP contribution in [0.4, 0.5) is 5.82 Å². The van der Waals surface area contributed by atoms with Gasteiger partial charge < -0.3 is 9.88 Å². The number of anilines is 1. The quantitative estimate of drug-likeness (QED) is 0.664. The van der Waals surface area contributed by atoms with Crippen LogP contribution in [0.1, 0.15) is 19.8 Å². The number of aromatic amines is 1. The molecule has 0 radical (unpaired) electrons. The molecular formula is C18H20N6O2S. The maximum absolute atomic E-state index is 12.5. The minimum Gasteiger partial charge on any atom is -0.352 e.